The molecule has 2 aromatic heterocycles. The quantitative estimate of drug-likeness (QED) is 0.490. The number of amides is 1. The zero-order chi connectivity index (χ0) is 21.3. The number of rotatable bonds is 5. The van der Waals surface area contributed by atoms with Crippen LogP contribution in [0.4, 0.5) is 10.1 Å². The number of carbonyl (C=O) groups is 1. The number of nitrogens with zero attached hydrogens (tertiary/aromatic N) is 2. The zero-order valence-corrected chi connectivity index (χ0v) is 17.3. The number of benzene rings is 2. The van der Waals surface area contributed by atoms with Crippen molar-refractivity contribution < 1.29 is 13.9 Å². The molecule has 1 amide bonds. The van der Waals surface area contributed by atoms with Crippen molar-refractivity contribution >= 4 is 44.7 Å². The molecule has 2 aromatic carbocycles. The van der Waals surface area contributed by atoms with Gasteiger partial charge in [-0.05, 0) is 35.9 Å². The number of hydrogen-bond donors (Lipinski definition) is 1. The molecule has 30 heavy (non-hydrogen) atoms. The highest BCUT2D eigenvalue weighted by molar-refractivity contribution is 7.17. The van der Waals surface area contributed by atoms with Crippen molar-refractivity contribution in [2.75, 3.05) is 12.4 Å². The Morgan fingerprint density at radius 2 is 2.03 bits per heavy atom. The molecule has 0 bridgehead atoms. The largest absolute Gasteiger partial charge is 0.497 e. The number of ether oxygens (including phenoxy) is 1. The number of hydrogen-bond acceptors (Lipinski definition) is 5. The molecule has 0 aliphatic carbocycles. The summed E-state index contributed by atoms with van der Waals surface area (Å²) in [6.07, 6.45) is 1.34. The van der Waals surface area contributed by atoms with Crippen LogP contribution in [0.5, 0.6) is 5.75 Å². The van der Waals surface area contributed by atoms with Crippen LogP contribution in [0.15, 0.2) is 59.0 Å². The fourth-order valence-corrected chi connectivity index (χ4v) is 4.08. The van der Waals surface area contributed by atoms with Crippen LogP contribution in [0.3, 0.4) is 0 Å². The fraction of sp³-hybridized carbons (Fsp3) is 0.0952. The van der Waals surface area contributed by atoms with Gasteiger partial charge in [-0.3, -0.25) is 14.2 Å². The molecule has 2 heterocycles. The maximum atomic E-state index is 13.3. The SMILES string of the molecule is COc1ccc(-c2csc3ncn(CC(=O)Nc4ccc(F)c(Cl)c4)c(=O)c23)cc1. The summed E-state index contributed by atoms with van der Waals surface area (Å²) in [6, 6.07) is 11.2. The van der Waals surface area contributed by atoms with Crippen LogP contribution in [0, 0.1) is 5.82 Å². The van der Waals surface area contributed by atoms with E-state index in [0.29, 0.717) is 21.7 Å². The van der Waals surface area contributed by atoms with E-state index >= 15 is 0 Å². The van der Waals surface area contributed by atoms with Gasteiger partial charge in [0.05, 0.1) is 23.8 Å². The highest BCUT2D eigenvalue weighted by Crippen LogP contribution is 2.31. The Bertz CT molecular complexity index is 1300. The molecular formula is C21H15ClFN3O3S. The molecule has 0 radical (unpaired) electrons. The molecule has 4 rings (SSSR count). The summed E-state index contributed by atoms with van der Waals surface area (Å²) < 4.78 is 19.7. The number of aromatic nitrogens is 2. The van der Waals surface area contributed by atoms with E-state index in [1.165, 1.54) is 34.4 Å². The standard InChI is InChI=1S/C21H15ClFN3O3S/c1-29-14-5-2-12(3-6-14)15-10-30-20-19(15)21(28)26(11-24-20)9-18(27)25-13-4-7-17(23)16(22)8-13/h2-8,10-11H,9H2,1H3,(H,25,27). The minimum Gasteiger partial charge on any atom is -0.497 e. The number of fused-ring (bicyclic) bond motifs is 1. The molecule has 0 saturated carbocycles. The summed E-state index contributed by atoms with van der Waals surface area (Å²) in [5, 5.41) is 4.81. The first kappa shape index (κ1) is 20.1. The van der Waals surface area contributed by atoms with Gasteiger partial charge in [0.15, 0.2) is 0 Å². The fourth-order valence-electron chi connectivity index (χ4n) is 2.99. The molecule has 0 aliphatic heterocycles. The highest BCUT2D eigenvalue weighted by Gasteiger charge is 2.15. The topological polar surface area (TPSA) is 73.2 Å². The normalized spacial score (nSPS) is 10.9. The van der Waals surface area contributed by atoms with Gasteiger partial charge in [-0.25, -0.2) is 9.37 Å². The highest BCUT2D eigenvalue weighted by atomic mass is 35.5. The van der Waals surface area contributed by atoms with Crippen LogP contribution < -0.4 is 15.6 Å². The maximum absolute atomic E-state index is 13.3. The van der Waals surface area contributed by atoms with E-state index in [1.54, 1.807) is 7.11 Å². The molecule has 152 valence electrons. The van der Waals surface area contributed by atoms with E-state index < -0.39 is 11.7 Å². The molecule has 0 unspecified atom stereocenters. The minimum atomic E-state index is -0.580. The van der Waals surface area contributed by atoms with Crippen LogP contribution >= 0.6 is 22.9 Å². The predicted octanol–water partition coefficient (Wildman–Crippen LogP) is 4.56. The molecule has 6 nitrogen and oxygen atoms in total. The van der Waals surface area contributed by atoms with Crippen molar-refractivity contribution in [2.45, 2.75) is 6.54 Å². The molecular weight excluding hydrogens is 429 g/mol. The predicted molar refractivity (Wildman–Crippen MR) is 116 cm³/mol. The summed E-state index contributed by atoms with van der Waals surface area (Å²) in [7, 11) is 1.59. The van der Waals surface area contributed by atoms with Crippen molar-refractivity contribution in [2.24, 2.45) is 0 Å². The Hall–Kier alpha value is -3.23. The Labute approximate surface area is 179 Å². The lowest BCUT2D eigenvalue weighted by Gasteiger charge is -2.08. The van der Waals surface area contributed by atoms with Crippen molar-refractivity contribution in [3.8, 4) is 16.9 Å². The molecule has 0 fully saturated rings. The van der Waals surface area contributed by atoms with E-state index in [0.717, 1.165) is 17.2 Å². The third kappa shape index (κ3) is 3.92. The summed E-state index contributed by atoms with van der Waals surface area (Å²) >= 11 is 7.09. The lowest BCUT2D eigenvalue weighted by molar-refractivity contribution is -0.116. The van der Waals surface area contributed by atoms with Gasteiger partial charge < -0.3 is 10.1 Å². The number of anilines is 1. The van der Waals surface area contributed by atoms with Crippen molar-refractivity contribution in [3.63, 3.8) is 0 Å². The second-order valence-corrected chi connectivity index (χ2v) is 7.68. The van der Waals surface area contributed by atoms with Crippen LogP contribution in [-0.4, -0.2) is 22.6 Å². The molecule has 0 atom stereocenters. The van der Waals surface area contributed by atoms with Crippen LogP contribution in [0.25, 0.3) is 21.3 Å². The van der Waals surface area contributed by atoms with E-state index in [-0.39, 0.29) is 17.1 Å². The number of thiophene rings is 1. The van der Waals surface area contributed by atoms with Crippen LogP contribution in [-0.2, 0) is 11.3 Å². The molecule has 1 N–H and O–H groups in total. The summed E-state index contributed by atoms with van der Waals surface area (Å²) in [5.74, 6) is -0.322. The second-order valence-electron chi connectivity index (χ2n) is 6.41. The molecule has 0 spiro atoms. The molecule has 4 aromatic rings. The number of methoxy groups -OCH3 is 1. The van der Waals surface area contributed by atoms with Gasteiger partial charge in [0, 0.05) is 16.6 Å². The first-order valence-corrected chi connectivity index (χ1v) is 10.1. The van der Waals surface area contributed by atoms with E-state index in [2.05, 4.69) is 10.3 Å². The van der Waals surface area contributed by atoms with Gasteiger partial charge in [0.25, 0.3) is 5.56 Å². The molecule has 0 aliphatic rings. The summed E-state index contributed by atoms with van der Waals surface area (Å²) in [6.45, 7) is -0.241. The number of halogens is 2. The van der Waals surface area contributed by atoms with Gasteiger partial charge in [0.2, 0.25) is 5.91 Å². The first-order valence-electron chi connectivity index (χ1n) is 8.82. The Balaban J connectivity index is 1.63. The maximum Gasteiger partial charge on any atom is 0.263 e. The monoisotopic (exact) mass is 443 g/mol. The summed E-state index contributed by atoms with van der Waals surface area (Å²) in [4.78, 5) is 30.3. The lowest BCUT2D eigenvalue weighted by Crippen LogP contribution is -2.27. The number of nitrogens with one attached hydrogen (secondary N) is 1. The smallest absolute Gasteiger partial charge is 0.263 e. The van der Waals surface area contributed by atoms with E-state index in [4.69, 9.17) is 16.3 Å². The van der Waals surface area contributed by atoms with Crippen LogP contribution in [0.2, 0.25) is 5.02 Å². The van der Waals surface area contributed by atoms with Gasteiger partial charge in [-0.1, -0.05) is 23.7 Å². The minimum absolute atomic E-state index is 0.101. The first-order chi connectivity index (χ1) is 14.5. The van der Waals surface area contributed by atoms with Gasteiger partial charge in [-0.2, -0.15) is 0 Å². The Kier molecular flexibility index (Phi) is 5.52. The average molecular weight is 444 g/mol. The third-order valence-electron chi connectivity index (χ3n) is 4.48. The van der Waals surface area contributed by atoms with Gasteiger partial charge >= 0.3 is 0 Å². The van der Waals surface area contributed by atoms with Gasteiger partial charge in [-0.15, -0.1) is 11.3 Å². The average Bonchev–Trinajstić information content (AvgIpc) is 3.18. The van der Waals surface area contributed by atoms with Crippen molar-refractivity contribution in [3.05, 3.63) is 75.4 Å². The van der Waals surface area contributed by atoms with Crippen LogP contribution in [0.1, 0.15) is 0 Å². The molecule has 9 heteroatoms. The van der Waals surface area contributed by atoms with E-state index in [1.807, 2.05) is 29.6 Å². The second kappa shape index (κ2) is 8.25. The molecule has 0 saturated heterocycles. The Morgan fingerprint density at radius 1 is 1.27 bits per heavy atom. The summed E-state index contributed by atoms with van der Waals surface area (Å²) in [5.41, 5.74) is 1.61. The third-order valence-corrected chi connectivity index (χ3v) is 5.66. The lowest BCUT2D eigenvalue weighted by atomic mass is 10.1. The van der Waals surface area contributed by atoms with Crippen molar-refractivity contribution in [1.29, 1.82) is 0 Å². The number of carbonyl (C=O) groups excluding carboxylic acids is 1. The van der Waals surface area contributed by atoms with Crippen molar-refractivity contribution in [1.82, 2.24) is 9.55 Å². The van der Waals surface area contributed by atoms with E-state index in [9.17, 15) is 14.0 Å². The zero-order valence-electron chi connectivity index (χ0n) is 15.7. The van der Waals surface area contributed by atoms with Gasteiger partial charge in [0.1, 0.15) is 22.9 Å². The Morgan fingerprint density at radius 3 is 2.73 bits per heavy atom.